The van der Waals surface area contributed by atoms with Gasteiger partial charge in [-0.15, -0.1) is 11.3 Å². The predicted molar refractivity (Wildman–Crippen MR) is 115 cm³/mol. The second kappa shape index (κ2) is 9.41. The van der Waals surface area contributed by atoms with Crippen molar-refractivity contribution in [2.45, 2.75) is 6.54 Å². The number of thiazole rings is 1. The van der Waals surface area contributed by atoms with Gasteiger partial charge in [-0.1, -0.05) is 12.1 Å². The summed E-state index contributed by atoms with van der Waals surface area (Å²) in [5.41, 5.74) is 1.97. The Morgan fingerprint density at radius 1 is 1.03 bits per heavy atom. The van der Waals surface area contributed by atoms with Gasteiger partial charge >= 0.3 is 0 Å². The van der Waals surface area contributed by atoms with Crippen LogP contribution in [0.5, 0.6) is 11.5 Å². The van der Waals surface area contributed by atoms with E-state index >= 15 is 0 Å². The summed E-state index contributed by atoms with van der Waals surface area (Å²) >= 11 is 1.37. The van der Waals surface area contributed by atoms with Crippen LogP contribution in [0, 0.1) is 0 Å². The number of benzene rings is 2. The zero-order valence-electron chi connectivity index (χ0n) is 17.3. The van der Waals surface area contributed by atoms with Crippen LogP contribution in [-0.4, -0.2) is 49.6 Å². The van der Waals surface area contributed by atoms with Crippen LogP contribution in [-0.2, 0) is 6.54 Å². The second-order valence-corrected chi connectivity index (χ2v) is 7.57. The molecule has 0 aliphatic rings. The first-order valence-electron chi connectivity index (χ1n) is 9.18. The fourth-order valence-electron chi connectivity index (χ4n) is 2.89. The van der Waals surface area contributed by atoms with Gasteiger partial charge in [-0.2, -0.15) is 4.99 Å². The molecule has 156 valence electrons. The standard InChI is InChI=1S/C22H23N3O4S/c1-24(2)21(27)17-7-5-6-15(12-17)14-25-10-11-30-22(25)23-20(26)16-8-9-18(28-3)19(13-16)29-4/h5-13H,14H2,1-4H3. The molecule has 1 aromatic heterocycles. The predicted octanol–water partition coefficient (Wildman–Crippen LogP) is 3.06. The fraction of sp³-hybridized carbons (Fsp3) is 0.227. The molecule has 2 aromatic carbocycles. The summed E-state index contributed by atoms with van der Waals surface area (Å²) in [5, 5.41) is 1.87. The van der Waals surface area contributed by atoms with Crippen LogP contribution in [0.3, 0.4) is 0 Å². The number of ether oxygens (including phenoxy) is 2. The molecule has 0 unspecified atom stereocenters. The lowest BCUT2D eigenvalue weighted by molar-refractivity contribution is 0.0827. The van der Waals surface area contributed by atoms with Gasteiger partial charge in [0.2, 0.25) is 0 Å². The van der Waals surface area contributed by atoms with Crippen molar-refractivity contribution in [3.05, 3.63) is 75.5 Å². The maximum Gasteiger partial charge on any atom is 0.279 e. The molecule has 0 aliphatic carbocycles. The molecule has 0 N–H and O–H groups in total. The maximum atomic E-state index is 12.7. The van der Waals surface area contributed by atoms with Crippen molar-refractivity contribution >= 4 is 23.2 Å². The number of carbonyl (C=O) groups excluding carboxylic acids is 2. The lowest BCUT2D eigenvalue weighted by atomic mass is 10.1. The van der Waals surface area contributed by atoms with Gasteiger partial charge in [0.25, 0.3) is 11.8 Å². The van der Waals surface area contributed by atoms with Gasteiger partial charge in [0, 0.05) is 43.3 Å². The fourth-order valence-corrected chi connectivity index (χ4v) is 3.61. The molecule has 2 amide bonds. The Bertz CT molecular complexity index is 1130. The van der Waals surface area contributed by atoms with E-state index < -0.39 is 0 Å². The molecule has 3 aromatic rings. The summed E-state index contributed by atoms with van der Waals surface area (Å²) in [7, 11) is 6.50. The molecule has 0 atom stereocenters. The van der Waals surface area contributed by atoms with E-state index in [2.05, 4.69) is 4.99 Å². The van der Waals surface area contributed by atoms with Crippen molar-refractivity contribution in [1.82, 2.24) is 9.47 Å². The zero-order valence-corrected chi connectivity index (χ0v) is 18.1. The summed E-state index contributed by atoms with van der Waals surface area (Å²) in [6.45, 7) is 0.496. The number of hydrogen-bond acceptors (Lipinski definition) is 5. The molecule has 30 heavy (non-hydrogen) atoms. The lowest BCUT2D eigenvalue weighted by Gasteiger charge is -2.11. The molecule has 1 heterocycles. The van der Waals surface area contributed by atoms with Crippen LogP contribution < -0.4 is 14.3 Å². The summed E-state index contributed by atoms with van der Waals surface area (Å²) in [5.74, 6) is 0.594. The van der Waals surface area contributed by atoms with Gasteiger partial charge < -0.3 is 18.9 Å². The molecule has 0 aliphatic heterocycles. The first-order valence-corrected chi connectivity index (χ1v) is 10.1. The molecule has 0 saturated carbocycles. The van der Waals surface area contributed by atoms with Gasteiger partial charge in [0.05, 0.1) is 14.2 Å². The Morgan fingerprint density at radius 2 is 1.80 bits per heavy atom. The largest absolute Gasteiger partial charge is 0.493 e. The summed E-state index contributed by atoms with van der Waals surface area (Å²) in [6.07, 6.45) is 1.87. The third-order valence-corrected chi connectivity index (χ3v) is 5.22. The van der Waals surface area contributed by atoms with Crippen molar-refractivity contribution in [1.29, 1.82) is 0 Å². The monoisotopic (exact) mass is 425 g/mol. The van der Waals surface area contributed by atoms with E-state index in [1.54, 1.807) is 50.4 Å². The van der Waals surface area contributed by atoms with Crippen molar-refractivity contribution in [3.8, 4) is 11.5 Å². The van der Waals surface area contributed by atoms with Gasteiger partial charge in [0.15, 0.2) is 16.3 Å². The van der Waals surface area contributed by atoms with E-state index in [1.165, 1.54) is 18.4 Å². The number of amides is 2. The number of nitrogens with zero attached hydrogens (tertiary/aromatic N) is 3. The number of methoxy groups -OCH3 is 2. The third-order valence-electron chi connectivity index (χ3n) is 4.42. The Morgan fingerprint density at radius 3 is 2.50 bits per heavy atom. The molecule has 0 radical (unpaired) electrons. The van der Waals surface area contributed by atoms with Crippen LogP contribution in [0.4, 0.5) is 0 Å². The normalized spacial score (nSPS) is 11.3. The summed E-state index contributed by atoms with van der Waals surface area (Å²) in [6, 6.07) is 12.4. The number of hydrogen-bond donors (Lipinski definition) is 0. The molecule has 7 nitrogen and oxygen atoms in total. The molecular weight excluding hydrogens is 402 g/mol. The van der Waals surface area contributed by atoms with Gasteiger partial charge in [-0.25, -0.2) is 0 Å². The smallest absolute Gasteiger partial charge is 0.279 e. The van der Waals surface area contributed by atoms with E-state index in [0.717, 1.165) is 5.56 Å². The molecule has 0 saturated heterocycles. The molecule has 8 heteroatoms. The molecule has 0 bridgehead atoms. The lowest BCUT2D eigenvalue weighted by Crippen LogP contribution is -2.22. The van der Waals surface area contributed by atoms with E-state index in [-0.39, 0.29) is 11.8 Å². The Hall–Kier alpha value is -3.39. The van der Waals surface area contributed by atoms with E-state index in [9.17, 15) is 9.59 Å². The minimum atomic E-state index is -0.372. The van der Waals surface area contributed by atoms with Gasteiger partial charge in [-0.05, 0) is 35.9 Å². The average molecular weight is 426 g/mol. The van der Waals surface area contributed by atoms with Crippen LogP contribution in [0.2, 0.25) is 0 Å². The van der Waals surface area contributed by atoms with E-state index in [0.29, 0.717) is 34.0 Å². The van der Waals surface area contributed by atoms with Gasteiger partial charge in [-0.3, -0.25) is 9.59 Å². The van der Waals surface area contributed by atoms with Crippen LogP contribution in [0.25, 0.3) is 0 Å². The minimum Gasteiger partial charge on any atom is -0.493 e. The Balaban J connectivity index is 1.87. The second-order valence-electron chi connectivity index (χ2n) is 6.70. The average Bonchev–Trinajstić information content (AvgIpc) is 3.18. The number of aromatic nitrogens is 1. The first kappa shape index (κ1) is 21.3. The van der Waals surface area contributed by atoms with Crippen molar-refractivity contribution in [2.75, 3.05) is 28.3 Å². The number of carbonyl (C=O) groups is 2. The highest BCUT2D eigenvalue weighted by Crippen LogP contribution is 2.27. The molecular formula is C22H23N3O4S. The van der Waals surface area contributed by atoms with Crippen LogP contribution in [0.15, 0.2) is 59.0 Å². The molecule has 0 spiro atoms. The minimum absolute atomic E-state index is 0.0549. The van der Waals surface area contributed by atoms with Crippen molar-refractivity contribution in [2.24, 2.45) is 4.99 Å². The maximum absolute atomic E-state index is 12.7. The van der Waals surface area contributed by atoms with Crippen molar-refractivity contribution < 1.29 is 19.1 Å². The summed E-state index contributed by atoms with van der Waals surface area (Å²) < 4.78 is 12.3. The van der Waals surface area contributed by atoms with E-state index in [4.69, 9.17) is 9.47 Å². The summed E-state index contributed by atoms with van der Waals surface area (Å²) in [4.78, 5) is 31.3. The quantitative estimate of drug-likeness (QED) is 0.609. The van der Waals surface area contributed by atoms with Crippen LogP contribution >= 0.6 is 11.3 Å². The first-order chi connectivity index (χ1) is 14.4. The van der Waals surface area contributed by atoms with Crippen molar-refractivity contribution in [3.63, 3.8) is 0 Å². The highest BCUT2D eigenvalue weighted by molar-refractivity contribution is 7.07. The topological polar surface area (TPSA) is 73.1 Å². The third kappa shape index (κ3) is 4.77. The highest BCUT2D eigenvalue weighted by atomic mass is 32.1. The molecule has 0 fully saturated rings. The molecule has 3 rings (SSSR count). The Kier molecular flexibility index (Phi) is 6.68. The highest BCUT2D eigenvalue weighted by Gasteiger charge is 2.11. The van der Waals surface area contributed by atoms with Crippen LogP contribution in [0.1, 0.15) is 26.3 Å². The van der Waals surface area contributed by atoms with E-state index in [1.807, 2.05) is 34.3 Å². The SMILES string of the molecule is COc1ccc(C(=O)N=c2sccn2Cc2cccc(C(=O)N(C)C)c2)cc1OC. The number of rotatable bonds is 6. The zero-order chi connectivity index (χ0) is 21.7. The van der Waals surface area contributed by atoms with Gasteiger partial charge in [0.1, 0.15) is 0 Å². The Labute approximate surface area is 178 Å².